The van der Waals surface area contributed by atoms with Gasteiger partial charge in [0.2, 0.25) is 0 Å². The molecule has 0 radical (unpaired) electrons. The van der Waals surface area contributed by atoms with Crippen LogP contribution in [0.3, 0.4) is 0 Å². The Morgan fingerprint density at radius 2 is 1.57 bits per heavy atom. The van der Waals surface area contributed by atoms with E-state index in [1.165, 1.54) is 12.1 Å². The van der Waals surface area contributed by atoms with Crippen molar-refractivity contribution in [3.63, 3.8) is 0 Å². The Kier molecular flexibility index (Phi) is 3.62. The molecule has 0 aliphatic carbocycles. The smallest absolute Gasteiger partial charge is 0.123 e. The maximum absolute atomic E-state index is 13.4. The van der Waals surface area contributed by atoms with E-state index >= 15 is 0 Å². The number of hydrogen-bond acceptors (Lipinski definition) is 3. The lowest BCUT2D eigenvalue weighted by Crippen LogP contribution is -1.97. The minimum Gasteiger partial charge on any atom is -0.399 e. The SMILES string of the molecule is Cc1nc2cnc3ccc(-c4ccc(N)cc4)cc3c2n1-c1ccc(F)cc1. The molecule has 3 aromatic carbocycles. The van der Waals surface area contributed by atoms with E-state index < -0.39 is 0 Å². The number of hydrogen-bond donors (Lipinski definition) is 1. The van der Waals surface area contributed by atoms with Crippen molar-refractivity contribution in [2.24, 2.45) is 0 Å². The summed E-state index contributed by atoms with van der Waals surface area (Å²) in [4.78, 5) is 9.23. The molecule has 0 amide bonds. The third-order valence-corrected chi connectivity index (χ3v) is 4.98. The van der Waals surface area contributed by atoms with Gasteiger partial charge in [0.15, 0.2) is 0 Å². The summed E-state index contributed by atoms with van der Waals surface area (Å²) in [6.45, 7) is 1.94. The zero-order valence-corrected chi connectivity index (χ0v) is 15.2. The Morgan fingerprint density at radius 3 is 2.32 bits per heavy atom. The Labute approximate surface area is 161 Å². The van der Waals surface area contributed by atoms with Crippen molar-refractivity contribution >= 4 is 27.6 Å². The van der Waals surface area contributed by atoms with Crippen LogP contribution in [0.2, 0.25) is 0 Å². The van der Waals surface area contributed by atoms with Crippen LogP contribution in [0, 0.1) is 12.7 Å². The van der Waals surface area contributed by atoms with Gasteiger partial charge in [-0.1, -0.05) is 18.2 Å². The summed E-state index contributed by atoms with van der Waals surface area (Å²) in [5, 5.41) is 0.997. The summed E-state index contributed by atoms with van der Waals surface area (Å²) in [7, 11) is 0. The Morgan fingerprint density at radius 1 is 0.857 bits per heavy atom. The molecule has 0 saturated carbocycles. The molecule has 136 valence electrons. The van der Waals surface area contributed by atoms with E-state index in [-0.39, 0.29) is 5.82 Å². The molecule has 5 heteroatoms. The number of benzene rings is 3. The first-order chi connectivity index (χ1) is 13.6. The average Bonchev–Trinajstić information content (AvgIpc) is 3.05. The lowest BCUT2D eigenvalue weighted by Gasteiger charge is -2.10. The highest BCUT2D eigenvalue weighted by Gasteiger charge is 2.14. The van der Waals surface area contributed by atoms with Crippen molar-refractivity contribution in [2.75, 3.05) is 5.73 Å². The molecule has 4 nitrogen and oxygen atoms in total. The van der Waals surface area contributed by atoms with E-state index in [4.69, 9.17) is 5.73 Å². The highest BCUT2D eigenvalue weighted by atomic mass is 19.1. The first kappa shape index (κ1) is 16.4. The van der Waals surface area contributed by atoms with Gasteiger partial charge < -0.3 is 5.73 Å². The summed E-state index contributed by atoms with van der Waals surface area (Å²) in [5.41, 5.74) is 12.2. The standard InChI is InChI=1S/C23H17FN4/c1-14-27-22-13-26-21-11-4-16(15-2-7-18(25)8-3-15)12-20(21)23(22)28(14)19-9-5-17(24)6-10-19/h2-13H,25H2,1H3. The molecule has 0 saturated heterocycles. The van der Waals surface area contributed by atoms with Crippen LogP contribution in [0.1, 0.15) is 5.82 Å². The summed E-state index contributed by atoms with van der Waals surface area (Å²) in [6, 6.07) is 20.4. The average molecular weight is 368 g/mol. The number of nitrogen functional groups attached to an aromatic ring is 1. The van der Waals surface area contributed by atoms with Gasteiger partial charge in [0.25, 0.3) is 0 Å². The van der Waals surface area contributed by atoms with E-state index in [0.717, 1.165) is 50.3 Å². The second kappa shape index (κ2) is 6.16. The highest BCUT2D eigenvalue weighted by molar-refractivity contribution is 6.04. The predicted octanol–water partition coefficient (Wildman–Crippen LogP) is 5.27. The fraction of sp³-hybridized carbons (Fsp3) is 0.0435. The number of anilines is 1. The van der Waals surface area contributed by atoms with E-state index in [2.05, 4.69) is 22.1 Å². The monoisotopic (exact) mass is 368 g/mol. The first-order valence-corrected chi connectivity index (χ1v) is 9.00. The van der Waals surface area contributed by atoms with Gasteiger partial charge in [-0.05, 0) is 66.6 Å². The summed E-state index contributed by atoms with van der Waals surface area (Å²) in [5.74, 6) is 0.566. The normalized spacial score (nSPS) is 11.4. The molecule has 0 unspecified atom stereocenters. The van der Waals surface area contributed by atoms with Crippen LogP contribution in [-0.2, 0) is 0 Å². The molecule has 0 bridgehead atoms. The number of nitrogens with zero attached hydrogens (tertiary/aromatic N) is 3. The van der Waals surface area contributed by atoms with Crippen molar-refractivity contribution in [3.8, 4) is 16.8 Å². The Hall–Kier alpha value is -3.73. The predicted molar refractivity (Wildman–Crippen MR) is 111 cm³/mol. The van der Waals surface area contributed by atoms with Crippen LogP contribution < -0.4 is 5.73 Å². The molecule has 28 heavy (non-hydrogen) atoms. The zero-order chi connectivity index (χ0) is 19.3. The van der Waals surface area contributed by atoms with Crippen LogP contribution in [0.5, 0.6) is 0 Å². The number of fused-ring (bicyclic) bond motifs is 3. The number of imidazole rings is 1. The molecule has 5 rings (SSSR count). The highest BCUT2D eigenvalue weighted by Crippen LogP contribution is 2.31. The fourth-order valence-corrected chi connectivity index (χ4v) is 3.63. The van der Waals surface area contributed by atoms with Crippen molar-refractivity contribution in [1.82, 2.24) is 14.5 Å². The Balaban J connectivity index is 1.81. The molecule has 0 aliphatic heterocycles. The molecule has 0 spiro atoms. The maximum Gasteiger partial charge on any atom is 0.123 e. The van der Waals surface area contributed by atoms with Gasteiger partial charge in [-0.2, -0.15) is 0 Å². The fourth-order valence-electron chi connectivity index (χ4n) is 3.63. The second-order valence-electron chi connectivity index (χ2n) is 6.82. The maximum atomic E-state index is 13.4. The van der Waals surface area contributed by atoms with Crippen molar-refractivity contribution < 1.29 is 4.39 Å². The lowest BCUT2D eigenvalue weighted by atomic mass is 10.0. The van der Waals surface area contributed by atoms with Crippen LogP contribution >= 0.6 is 0 Å². The molecule has 2 heterocycles. The first-order valence-electron chi connectivity index (χ1n) is 9.00. The van der Waals surface area contributed by atoms with Crippen molar-refractivity contribution in [1.29, 1.82) is 0 Å². The Bertz CT molecular complexity index is 1320. The zero-order valence-electron chi connectivity index (χ0n) is 15.2. The molecule has 0 aliphatic rings. The van der Waals surface area contributed by atoms with Gasteiger partial charge in [0.05, 0.1) is 17.2 Å². The summed E-state index contributed by atoms with van der Waals surface area (Å²) < 4.78 is 15.5. The molecular weight excluding hydrogens is 351 g/mol. The number of nitrogens with two attached hydrogens (primary N) is 1. The van der Waals surface area contributed by atoms with Gasteiger partial charge in [0, 0.05) is 16.8 Å². The lowest BCUT2D eigenvalue weighted by molar-refractivity contribution is 0.627. The molecule has 0 fully saturated rings. The van der Waals surface area contributed by atoms with Crippen LogP contribution in [-0.4, -0.2) is 14.5 Å². The van der Waals surface area contributed by atoms with E-state index in [1.807, 2.05) is 41.8 Å². The molecular formula is C23H17FN4. The topological polar surface area (TPSA) is 56.7 Å². The minimum atomic E-state index is -0.261. The van der Waals surface area contributed by atoms with Gasteiger partial charge >= 0.3 is 0 Å². The third kappa shape index (κ3) is 2.60. The molecule has 5 aromatic rings. The minimum absolute atomic E-state index is 0.261. The van der Waals surface area contributed by atoms with Crippen molar-refractivity contribution in [3.05, 3.63) is 84.6 Å². The van der Waals surface area contributed by atoms with Gasteiger partial charge in [-0.3, -0.25) is 9.55 Å². The molecule has 2 aromatic heterocycles. The van der Waals surface area contributed by atoms with Gasteiger partial charge in [-0.25, -0.2) is 9.37 Å². The number of aromatic nitrogens is 3. The van der Waals surface area contributed by atoms with Gasteiger partial charge in [0.1, 0.15) is 17.2 Å². The van der Waals surface area contributed by atoms with Gasteiger partial charge in [-0.15, -0.1) is 0 Å². The number of halogens is 1. The third-order valence-electron chi connectivity index (χ3n) is 4.98. The number of rotatable bonds is 2. The molecule has 2 N–H and O–H groups in total. The molecule has 0 atom stereocenters. The quantitative estimate of drug-likeness (QED) is 0.432. The van der Waals surface area contributed by atoms with Crippen LogP contribution in [0.25, 0.3) is 38.8 Å². The second-order valence-corrected chi connectivity index (χ2v) is 6.82. The van der Waals surface area contributed by atoms with Crippen molar-refractivity contribution in [2.45, 2.75) is 6.92 Å². The van der Waals surface area contributed by atoms with E-state index in [9.17, 15) is 4.39 Å². The largest absolute Gasteiger partial charge is 0.399 e. The summed E-state index contributed by atoms with van der Waals surface area (Å²) in [6.07, 6.45) is 1.79. The van der Waals surface area contributed by atoms with E-state index in [0.29, 0.717) is 0 Å². The number of aryl methyl sites for hydroxylation is 1. The van der Waals surface area contributed by atoms with Crippen LogP contribution in [0.4, 0.5) is 10.1 Å². The van der Waals surface area contributed by atoms with Crippen LogP contribution in [0.15, 0.2) is 72.9 Å². The summed E-state index contributed by atoms with van der Waals surface area (Å²) >= 11 is 0. The number of pyridine rings is 1. The van der Waals surface area contributed by atoms with E-state index in [1.54, 1.807) is 18.3 Å².